The summed E-state index contributed by atoms with van der Waals surface area (Å²) < 4.78 is 11.3. The van der Waals surface area contributed by atoms with E-state index in [-0.39, 0.29) is 6.04 Å². The van der Waals surface area contributed by atoms with Crippen molar-refractivity contribution >= 4 is 5.69 Å². The van der Waals surface area contributed by atoms with E-state index in [4.69, 9.17) is 15.2 Å². The Morgan fingerprint density at radius 3 is 2.72 bits per heavy atom. The summed E-state index contributed by atoms with van der Waals surface area (Å²) >= 11 is 0. The Morgan fingerprint density at radius 2 is 2.00 bits per heavy atom. The number of hydrogen-bond donors (Lipinski definition) is 1. The maximum absolute atomic E-state index is 5.78. The Morgan fingerprint density at radius 1 is 1.28 bits per heavy atom. The van der Waals surface area contributed by atoms with Crippen LogP contribution in [0.4, 0.5) is 5.69 Å². The van der Waals surface area contributed by atoms with Crippen molar-refractivity contribution in [2.24, 2.45) is 5.73 Å². The van der Waals surface area contributed by atoms with Gasteiger partial charge in [-0.15, -0.1) is 0 Å². The molecule has 1 atom stereocenters. The summed E-state index contributed by atoms with van der Waals surface area (Å²) in [6.07, 6.45) is 1.91. The van der Waals surface area contributed by atoms with Gasteiger partial charge >= 0.3 is 0 Å². The Hall–Kier alpha value is -1.42. The number of nitrogens with two attached hydrogens (primary N) is 1. The highest BCUT2D eigenvalue weighted by atomic mass is 16.5. The second-order valence-electron chi connectivity index (χ2n) is 4.87. The van der Waals surface area contributed by atoms with Crippen molar-refractivity contribution in [2.75, 3.05) is 31.7 Å². The van der Waals surface area contributed by atoms with Crippen LogP contribution in [-0.2, 0) is 0 Å². The van der Waals surface area contributed by atoms with Crippen LogP contribution < -0.4 is 20.1 Å². The van der Waals surface area contributed by atoms with Crippen molar-refractivity contribution in [3.63, 3.8) is 0 Å². The third-order valence-electron chi connectivity index (χ3n) is 3.09. The van der Waals surface area contributed by atoms with E-state index >= 15 is 0 Å². The Labute approximate surface area is 109 Å². The summed E-state index contributed by atoms with van der Waals surface area (Å²) in [6, 6.07) is 6.32. The van der Waals surface area contributed by atoms with Gasteiger partial charge in [0.05, 0.1) is 13.2 Å². The summed E-state index contributed by atoms with van der Waals surface area (Å²) in [5.41, 5.74) is 6.92. The van der Waals surface area contributed by atoms with Gasteiger partial charge < -0.3 is 20.1 Å². The first-order valence-electron chi connectivity index (χ1n) is 6.53. The number of anilines is 1. The molecule has 0 spiro atoms. The van der Waals surface area contributed by atoms with Gasteiger partial charge in [-0.3, -0.25) is 0 Å². The topological polar surface area (TPSA) is 47.7 Å². The molecule has 100 valence electrons. The number of hydrogen-bond acceptors (Lipinski definition) is 4. The molecule has 0 saturated carbocycles. The molecule has 2 rings (SSSR count). The molecule has 0 aliphatic carbocycles. The zero-order valence-electron chi connectivity index (χ0n) is 11.2. The van der Waals surface area contributed by atoms with Crippen LogP contribution in [0.3, 0.4) is 0 Å². The fourth-order valence-corrected chi connectivity index (χ4v) is 1.92. The molecule has 0 saturated heterocycles. The maximum atomic E-state index is 5.78. The lowest BCUT2D eigenvalue weighted by Crippen LogP contribution is -2.25. The van der Waals surface area contributed by atoms with Crippen molar-refractivity contribution in [3.05, 3.63) is 18.2 Å². The molecule has 0 radical (unpaired) electrons. The zero-order valence-corrected chi connectivity index (χ0v) is 11.2. The highest BCUT2D eigenvalue weighted by Gasteiger charge is 2.12. The molecule has 0 aromatic heterocycles. The van der Waals surface area contributed by atoms with Crippen LogP contribution in [0.1, 0.15) is 19.8 Å². The summed E-state index contributed by atoms with van der Waals surface area (Å²) in [6.45, 7) is 4.42. The Balaban J connectivity index is 2.07. The van der Waals surface area contributed by atoms with Crippen molar-refractivity contribution in [1.29, 1.82) is 0 Å². The van der Waals surface area contributed by atoms with Crippen LogP contribution >= 0.6 is 0 Å². The minimum Gasteiger partial charge on any atom is -0.490 e. The van der Waals surface area contributed by atoms with Crippen LogP contribution in [0.5, 0.6) is 11.5 Å². The third kappa shape index (κ3) is 3.29. The highest BCUT2D eigenvalue weighted by Crippen LogP contribution is 2.33. The number of ether oxygens (including phenoxy) is 2. The van der Waals surface area contributed by atoms with Gasteiger partial charge in [-0.2, -0.15) is 0 Å². The lowest BCUT2D eigenvalue weighted by Gasteiger charge is -2.21. The van der Waals surface area contributed by atoms with Gasteiger partial charge in [-0.1, -0.05) is 0 Å². The molecule has 1 aliphatic heterocycles. The summed E-state index contributed by atoms with van der Waals surface area (Å²) in [5, 5.41) is 0. The summed E-state index contributed by atoms with van der Waals surface area (Å²) in [5.74, 6) is 1.69. The van der Waals surface area contributed by atoms with E-state index in [0.717, 1.165) is 49.8 Å². The van der Waals surface area contributed by atoms with Crippen LogP contribution in [0.2, 0.25) is 0 Å². The molecule has 4 nitrogen and oxygen atoms in total. The number of rotatable bonds is 4. The second-order valence-corrected chi connectivity index (χ2v) is 4.87. The average molecular weight is 250 g/mol. The SMILES string of the molecule is CC(N)CCN(C)c1ccc2c(c1)OCCCO2. The van der Waals surface area contributed by atoms with Crippen LogP contribution in [0.15, 0.2) is 18.2 Å². The normalized spacial score (nSPS) is 15.9. The first kappa shape index (κ1) is 13.0. The zero-order chi connectivity index (χ0) is 13.0. The fraction of sp³-hybridized carbons (Fsp3) is 0.571. The second kappa shape index (κ2) is 5.96. The predicted octanol–water partition coefficient (Wildman–Crippen LogP) is 2.02. The molecule has 0 fully saturated rings. The van der Waals surface area contributed by atoms with Gasteiger partial charge in [0.2, 0.25) is 0 Å². The lowest BCUT2D eigenvalue weighted by molar-refractivity contribution is 0.297. The lowest BCUT2D eigenvalue weighted by atomic mass is 10.2. The van der Waals surface area contributed by atoms with Crippen molar-refractivity contribution in [3.8, 4) is 11.5 Å². The fourth-order valence-electron chi connectivity index (χ4n) is 1.92. The van der Waals surface area contributed by atoms with Gasteiger partial charge in [0, 0.05) is 37.8 Å². The minimum atomic E-state index is 0.230. The monoisotopic (exact) mass is 250 g/mol. The van der Waals surface area contributed by atoms with Gasteiger partial charge in [-0.05, 0) is 25.5 Å². The first-order valence-corrected chi connectivity index (χ1v) is 6.53. The van der Waals surface area contributed by atoms with E-state index < -0.39 is 0 Å². The van der Waals surface area contributed by atoms with E-state index in [1.807, 2.05) is 19.1 Å². The van der Waals surface area contributed by atoms with E-state index in [1.165, 1.54) is 0 Å². The quantitative estimate of drug-likeness (QED) is 0.888. The number of benzene rings is 1. The van der Waals surface area contributed by atoms with Crippen molar-refractivity contribution in [1.82, 2.24) is 0 Å². The third-order valence-corrected chi connectivity index (χ3v) is 3.09. The van der Waals surface area contributed by atoms with E-state index in [2.05, 4.69) is 18.0 Å². The van der Waals surface area contributed by atoms with Gasteiger partial charge in [0.25, 0.3) is 0 Å². The Bertz CT molecular complexity index is 393. The van der Waals surface area contributed by atoms with E-state index in [9.17, 15) is 0 Å². The molecule has 1 unspecified atom stereocenters. The molecule has 1 aromatic carbocycles. The first-order chi connectivity index (χ1) is 8.66. The average Bonchev–Trinajstić information content (AvgIpc) is 2.60. The van der Waals surface area contributed by atoms with Gasteiger partial charge in [0.1, 0.15) is 0 Å². The molecule has 4 heteroatoms. The van der Waals surface area contributed by atoms with Gasteiger partial charge in [0.15, 0.2) is 11.5 Å². The highest BCUT2D eigenvalue weighted by molar-refractivity contribution is 5.56. The molecular weight excluding hydrogens is 228 g/mol. The van der Waals surface area contributed by atoms with Crippen LogP contribution in [0, 0.1) is 0 Å². The molecule has 1 aromatic rings. The molecule has 18 heavy (non-hydrogen) atoms. The largest absolute Gasteiger partial charge is 0.490 e. The maximum Gasteiger partial charge on any atom is 0.163 e. The van der Waals surface area contributed by atoms with Crippen molar-refractivity contribution < 1.29 is 9.47 Å². The molecular formula is C14H22N2O2. The van der Waals surface area contributed by atoms with Crippen molar-refractivity contribution in [2.45, 2.75) is 25.8 Å². The molecule has 0 amide bonds. The Kier molecular flexibility index (Phi) is 4.31. The molecule has 2 N–H and O–H groups in total. The predicted molar refractivity (Wildman–Crippen MR) is 73.6 cm³/mol. The number of fused-ring (bicyclic) bond motifs is 1. The molecule has 1 heterocycles. The smallest absolute Gasteiger partial charge is 0.163 e. The minimum absolute atomic E-state index is 0.230. The number of nitrogens with zero attached hydrogens (tertiary/aromatic N) is 1. The van der Waals surface area contributed by atoms with Gasteiger partial charge in [-0.25, -0.2) is 0 Å². The summed E-state index contributed by atoms with van der Waals surface area (Å²) in [7, 11) is 2.07. The van der Waals surface area contributed by atoms with E-state index in [1.54, 1.807) is 0 Å². The summed E-state index contributed by atoms with van der Waals surface area (Å²) in [4.78, 5) is 2.19. The van der Waals surface area contributed by atoms with Crippen LogP contribution in [0.25, 0.3) is 0 Å². The molecule has 0 bridgehead atoms. The van der Waals surface area contributed by atoms with E-state index in [0.29, 0.717) is 0 Å². The standard InChI is InChI=1S/C14H22N2O2/c1-11(15)6-7-16(2)12-4-5-13-14(10-12)18-9-3-8-17-13/h4-5,10-11H,3,6-9,15H2,1-2H3. The molecule has 1 aliphatic rings. The van der Waals surface area contributed by atoms with Crippen LogP contribution in [-0.4, -0.2) is 32.8 Å².